The highest BCUT2D eigenvalue weighted by Crippen LogP contribution is 2.08. The van der Waals surface area contributed by atoms with E-state index in [2.05, 4.69) is 25.8 Å². The number of carbonyl (C=O) groups excluding carboxylic acids is 1. The zero-order chi connectivity index (χ0) is 21.0. The highest BCUT2D eigenvalue weighted by atomic mass is 127. The number of guanidine groups is 1. The molecular weight excluding hydrogens is 509 g/mol. The number of amides is 1. The van der Waals surface area contributed by atoms with Gasteiger partial charge in [0.2, 0.25) is 0 Å². The predicted octanol–water partition coefficient (Wildman–Crippen LogP) is 2.21. The van der Waals surface area contributed by atoms with Crippen LogP contribution >= 0.6 is 24.0 Å². The monoisotopic (exact) mass is 541 g/mol. The number of rotatable bonds is 9. The van der Waals surface area contributed by atoms with Crippen LogP contribution in [0.1, 0.15) is 28.6 Å². The first-order valence-electron chi connectivity index (χ1n) is 10.5. The highest BCUT2D eigenvalue weighted by Gasteiger charge is 2.10. The maximum Gasteiger partial charge on any atom is 0.251 e. The van der Waals surface area contributed by atoms with Crippen LogP contribution in [0.3, 0.4) is 0 Å². The molecular formula is C22H32IN5O3. The van der Waals surface area contributed by atoms with Crippen molar-refractivity contribution >= 4 is 35.8 Å². The first-order valence-corrected chi connectivity index (χ1v) is 10.5. The molecule has 0 spiro atoms. The number of hydrogen-bond acceptors (Lipinski definition) is 5. The van der Waals surface area contributed by atoms with Crippen LogP contribution in [0.5, 0.6) is 0 Å². The molecule has 3 N–H and O–H groups in total. The lowest BCUT2D eigenvalue weighted by Crippen LogP contribution is -2.44. The van der Waals surface area contributed by atoms with Crippen molar-refractivity contribution in [1.29, 1.82) is 0 Å². The molecule has 3 rings (SSSR count). The molecule has 0 atom stereocenters. The van der Waals surface area contributed by atoms with Gasteiger partial charge < -0.3 is 25.1 Å². The second-order valence-corrected chi connectivity index (χ2v) is 7.04. The van der Waals surface area contributed by atoms with E-state index in [1.54, 1.807) is 18.4 Å². The van der Waals surface area contributed by atoms with Gasteiger partial charge in [-0.05, 0) is 36.8 Å². The van der Waals surface area contributed by atoms with E-state index < -0.39 is 0 Å². The van der Waals surface area contributed by atoms with Crippen molar-refractivity contribution in [2.24, 2.45) is 4.99 Å². The molecule has 1 saturated heterocycles. The fourth-order valence-electron chi connectivity index (χ4n) is 3.16. The summed E-state index contributed by atoms with van der Waals surface area (Å²) in [5, 5.41) is 9.51. The molecule has 2 aromatic rings. The van der Waals surface area contributed by atoms with Crippen LogP contribution in [-0.4, -0.2) is 62.7 Å². The Balaban J connectivity index is 0.00000341. The Kier molecular flexibility index (Phi) is 11.4. The van der Waals surface area contributed by atoms with E-state index in [1.807, 2.05) is 31.2 Å². The number of nitrogens with one attached hydrogen (secondary N) is 3. The van der Waals surface area contributed by atoms with Crippen LogP contribution in [-0.2, 0) is 17.8 Å². The Morgan fingerprint density at radius 3 is 2.71 bits per heavy atom. The molecule has 0 radical (unpaired) electrons. The number of morpholine rings is 1. The van der Waals surface area contributed by atoms with E-state index in [0.717, 1.165) is 63.2 Å². The quantitative estimate of drug-likeness (QED) is 0.256. The van der Waals surface area contributed by atoms with Crippen molar-refractivity contribution in [3.05, 3.63) is 59.5 Å². The number of halogens is 1. The lowest BCUT2D eigenvalue weighted by atomic mass is 10.1. The van der Waals surface area contributed by atoms with Crippen LogP contribution in [0.25, 0.3) is 0 Å². The molecule has 0 unspecified atom stereocenters. The van der Waals surface area contributed by atoms with Crippen molar-refractivity contribution in [3.8, 4) is 0 Å². The Labute approximate surface area is 200 Å². The fraction of sp³-hybridized carbons (Fsp3) is 0.455. The summed E-state index contributed by atoms with van der Waals surface area (Å²) in [4.78, 5) is 19.4. The number of nitrogens with zero attached hydrogens (tertiary/aromatic N) is 2. The molecule has 9 heteroatoms. The summed E-state index contributed by atoms with van der Waals surface area (Å²) < 4.78 is 10.6. The Bertz CT molecular complexity index is 807. The molecule has 1 fully saturated rings. The predicted molar refractivity (Wildman–Crippen MR) is 132 cm³/mol. The minimum atomic E-state index is -0.132. The average molecular weight is 541 g/mol. The van der Waals surface area contributed by atoms with Gasteiger partial charge >= 0.3 is 0 Å². The molecule has 1 aromatic heterocycles. The summed E-state index contributed by atoms with van der Waals surface area (Å²) in [5.41, 5.74) is 1.59. The van der Waals surface area contributed by atoms with Crippen molar-refractivity contribution in [2.45, 2.75) is 20.0 Å². The number of benzene rings is 1. The molecule has 1 aliphatic rings. The number of carbonyl (C=O) groups is 1. The number of aliphatic imine (C=N–C) groups is 1. The maximum absolute atomic E-state index is 12.4. The van der Waals surface area contributed by atoms with Gasteiger partial charge in [0, 0.05) is 38.3 Å². The zero-order valence-corrected chi connectivity index (χ0v) is 20.3. The molecule has 0 aliphatic carbocycles. The van der Waals surface area contributed by atoms with Crippen molar-refractivity contribution in [3.63, 3.8) is 0 Å². The molecule has 31 heavy (non-hydrogen) atoms. The largest absolute Gasteiger partial charge is 0.467 e. The molecule has 0 bridgehead atoms. The summed E-state index contributed by atoms with van der Waals surface area (Å²) in [7, 11) is 0. The summed E-state index contributed by atoms with van der Waals surface area (Å²) >= 11 is 0. The topological polar surface area (TPSA) is 91.1 Å². The van der Waals surface area contributed by atoms with E-state index in [4.69, 9.17) is 9.15 Å². The summed E-state index contributed by atoms with van der Waals surface area (Å²) in [6, 6.07) is 11.2. The minimum absolute atomic E-state index is 0. The van der Waals surface area contributed by atoms with Crippen molar-refractivity contribution < 1.29 is 13.9 Å². The van der Waals surface area contributed by atoms with Crippen molar-refractivity contribution in [2.75, 3.05) is 45.9 Å². The van der Waals surface area contributed by atoms with E-state index in [0.29, 0.717) is 18.7 Å². The summed E-state index contributed by atoms with van der Waals surface area (Å²) in [6.45, 7) is 9.04. The van der Waals surface area contributed by atoms with Crippen LogP contribution in [0.2, 0.25) is 0 Å². The van der Waals surface area contributed by atoms with E-state index in [-0.39, 0.29) is 29.9 Å². The highest BCUT2D eigenvalue weighted by molar-refractivity contribution is 14.0. The van der Waals surface area contributed by atoms with E-state index in [9.17, 15) is 4.79 Å². The number of furan rings is 1. The number of ether oxygens (including phenoxy) is 1. The molecule has 170 valence electrons. The van der Waals surface area contributed by atoms with Crippen LogP contribution in [0.4, 0.5) is 0 Å². The Hall–Kier alpha value is -2.11. The zero-order valence-electron chi connectivity index (χ0n) is 17.9. The standard InChI is InChI=1S/C22H31N5O3.HI/c1-2-23-22(24-8-9-27-10-13-29-14-11-27)26-16-18-5-3-6-19(15-18)21(28)25-17-20-7-4-12-30-20;/h3-7,12,15H,2,8-11,13-14,16-17H2,1H3,(H,25,28)(H2,23,24,26);1H. The second kappa shape index (κ2) is 14.0. The first kappa shape index (κ1) is 25.2. The van der Waals surface area contributed by atoms with Gasteiger partial charge in [0.05, 0.1) is 32.6 Å². The average Bonchev–Trinajstić information content (AvgIpc) is 3.30. The summed E-state index contributed by atoms with van der Waals surface area (Å²) in [6.07, 6.45) is 1.59. The van der Waals surface area contributed by atoms with Gasteiger partial charge in [-0.25, -0.2) is 4.99 Å². The third-order valence-corrected chi connectivity index (χ3v) is 4.78. The van der Waals surface area contributed by atoms with E-state index >= 15 is 0 Å². The lowest BCUT2D eigenvalue weighted by molar-refractivity contribution is 0.0389. The maximum atomic E-state index is 12.4. The SMILES string of the molecule is CCNC(=NCc1cccc(C(=O)NCc2ccco2)c1)NCCN1CCOCC1.I. The second-order valence-electron chi connectivity index (χ2n) is 7.04. The Morgan fingerprint density at radius 1 is 1.13 bits per heavy atom. The van der Waals surface area contributed by atoms with Gasteiger partial charge in [-0.2, -0.15) is 0 Å². The van der Waals surface area contributed by atoms with Gasteiger partial charge in [0.1, 0.15) is 5.76 Å². The van der Waals surface area contributed by atoms with Crippen LogP contribution in [0, 0.1) is 0 Å². The van der Waals surface area contributed by atoms with E-state index in [1.165, 1.54) is 0 Å². The lowest BCUT2D eigenvalue weighted by Gasteiger charge is -2.26. The molecule has 1 amide bonds. The molecule has 1 aromatic carbocycles. The molecule has 8 nitrogen and oxygen atoms in total. The van der Waals surface area contributed by atoms with Gasteiger partial charge in [-0.15, -0.1) is 24.0 Å². The smallest absolute Gasteiger partial charge is 0.251 e. The third kappa shape index (κ3) is 8.88. The molecule has 2 heterocycles. The van der Waals surface area contributed by atoms with Gasteiger partial charge in [-0.3, -0.25) is 9.69 Å². The minimum Gasteiger partial charge on any atom is -0.467 e. The summed E-state index contributed by atoms with van der Waals surface area (Å²) in [5.74, 6) is 1.37. The Morgan fingerprint density at radius 2 is 1.97 bits per heavy atom. The van der Waals surface area contributed by atoms with Gasteiger partial charge in [0.15, 0.2) is 5.96 Å². The van der Waals surface area contributed by atoms with Crippen LogP contribution < -0.4 is 16.0 Å². The van der Waals surface area contributed by atoms with Crippen molar-refractivity contribution in [1.82, 2.24) is 20.9 Å². The van der Waals surface area contributed by atoms with Gasteiger partial charge in [0.25, 0.3) is 5.91 Å². The normalized spacial score (nSPS) is 14.5. The fourth-order valence-corrected chi connectivity index (χ4v) is 3.16. The number of hydrogen-bond donors (Lipinski definition) is 3. The molecule has 0 saturated carbocycles. The first-order chi connectivity index (χ1) is 14.7. The van der Waals surface area contributed by atoms with Gasteiger partial charge in [-0.1, -0.05) is 12.1 Å². The molecule has 1 aliphatic heterocycles. The third-order valence-electron chi connectivity index (χ3n) is 4.78. The van der Waals surface area contributed by atoms with Crippen LogP contribution in [0.15, 0.2) is 52.1 Å².